The third-order valence-electron chi connectivity index (χ3n) is 2.13. The molecule has 82 valence electrons. The van der Waals surface area contributed by atoms with E-state index in [-0.39, 0.29) is 0 Å². The third-order valence-corrected chi connectivity index (χ3v) is 2.13. The van der Waals surface area contributed by atoms with Crippen LogP contribution in [0.25, 0.3) is 11.1 Å². The molecular weight excluding hydrogens is 212 g/mol. The Morgan fingerprint density at radius 2 is 1.69 bits per heavy atom. The molecule has 0 saturated heterocycles. The standard InChI is InChI=1S/C11H9F2N3/c1-14-11-15-5-8(6-16-11)7-2-3-9(12)10(13)4-7/h2-6H,1H3,(H,14,15,16). The van der Waals surface area contributed by atoms with Crippen LogP contribution in [0.15, 0.2) is 30.6 Å². The van der Waals surface area contributed by atoms with Crippen molar-refractivity contribution in [3.63, 3.8) is 0 Å². The van der Waals surface area contributed by atoms with Crippen molar-refractivity contribution in [1.82, 2.24) is 9.97 Å². The summed E-state index contributed by atoms with van der Waals surface area (Å²) in [6, 6.07) is 3.68. The molecule has 2 rings (SSSR count). The fourth-order valence-electron chi connectivity index (χ4n) is 1.28. The summed E-state index contributed by atoms with van der Waals surface area (Å²) in [6.07, 6.45) is 3.09. The van der Waals surface area contributed by atoms with E-state index in [2.05, 4.69) is 15.3 Å². The molecule has 1 N–H and O–H groups in total. The summed E-state index contributed by atoms with van der Waals surface area (Å²) in [7, 11) is 1.70. The first-order valence-corrected chi connectivity index (χ1v) is 4.66. The lowest BCUT2D eigenvalue weighted by molar-refractivity contribution is 0.509. The summed E-state index contributed by atoms with van der Waals surface area (Å²) in [5.74, 6) is -1.27. The Morgan fingerprint density at radius 1 is 1.00 bits per heavy atom. The minimum Gasteiger partial charge on any atom is -0.357 e. The fraction of sp³-hybridized carbons (Fsp3) is 0.0909. The molecule has 1 aromatic heterocycles. The second kappa shape index (κ2) is 4.22. The van der Waals surface area contributed by atoms with Crippen LogP contribution in [0.2, 0.25) is 0 Å². The highest BCUT2D eigenvalue weighted by atomic mass is 19.2. The van der Waals surface area contributed by atoms with Crippen LogP contribution >= 0.6 is 0 Å². The number of nitrogens with zero attached hydrogens (tertiary/aromatic N) is 2. The summed E-state index contributed by atoms with van der Waals surface area (Å²) in [5.41, 5.74) is 1.18. The van der Waals surface area contributed by atoms with E-state index in [0.29, 0.717) is 17.1 Å². The summed E-state index contributed by atoms with van der Waals surface area (Å²) in [4.78, 5) is 7.97. The number of aromatic nitrogens is 2. The van der Waals surface area contributed by atoms with Gasteiger partial charge in [-0.05, 0) is 17.7 Å². The van der Waals surface area contributed by atoms with Crippen molar-refractivity contribution < 1.29 is 8.78 Å². The second-order valence-corrected chi connectivity index (χ2v) is 3.17. The van der Waals surface area contributed by atoms with Gasteiger partial charge in [0.15, 0.2) is 11.6 Å². The van der Waals surface area contributed by atoms with Crippen LogP contribution in [-0.4, -0.2) is 17.0 Å². The van der Waals surface area contributed by atoms with Crippen LogP contribution in [0, 0.1) is 11.6 Å². The Kier molecular flexibility index (Phi) is 2.76. The van der Waals surface area contributed by atoms with E-state index in [9.17, 15) is 8.78 Å². The number of benzene rings is 1. The highest BCUT2D eigenvalue weighted by Gasteiger charge is 2.05. The largest absolute Gasteiger partial charge is 0.357 e. The second-order valence-electron chi connectivity index (χ2n) is 3.17. The quantitative estimate of drug-likeness (QED) is 0.846. The molecule has 0 spiro atoms. The predicted octanol–water partition coefficient (Wildman–Crippen LogP) is 2.46. The third kappa shape index (κ3) is 1.98. The lowest BCUT2D eigenvalue weighted by Crippen LogP contribution is -1.95. The van der Waals surface area contributed by atoms with Crippen molar-refractivity contribution in [2.24, 2.45) is 0 Å². The van der Waals surface area contributed by atoms with Gasteiger partial charge < -0.3 is 5.32 Å². The monoisotopic (exact) mass is 221 g/mol. The molecule has 0 aliphatic heterocycles. The van der Waals surface area contributed by atoms with Gasteiger partial charge in [0.05, 0.1) is 0 Å². The van der Waals surface area contributed by atoms with Crippen LogP contribution in [0.5, 0.6) is 0 Å². The Morgan fingerprint density at radius 3 is 2.25 bits per heavy atom. The summed E-state index contributed by atoms with van der Waals surface area (Å²) in [6.45, 7) is 0. The first-order chi connectivity index (χ1) is 7.70. The molecule has 5 heteroatoms. The molecule has 0 amide bonds. The Hall–Kier alpha value is -2.04. The molecule has 0 unspecified atom stereocenters. The summed E-state index contributed by atoms with van der Waals surface area (Å²) >= 11 is 0. The van der Waals surface area contributed by atoms with Gasteiger partial charge in [0.25, 0.3) is 0 Å². The van der Waals surface area contributed by atoms with Gasteiger partial charge in [-0.1, -0.05) is 6.07 Å². The molecule has 3 nitrogen and oxygen atoms in total. The maximum atomic E-state index is 13.0. The highest BCUT2D eigenvalue weighted by molar-refractivity contribution is 5.61. The molecule has 16 heavy (non-hydrogen) atoms. The van der Waals surface area contributed by atoms with Gasteiger partial charge in [-0.2, -0.15) is 0 Å². The molecule has 0 radical (unpaired) electrons. The van der Waals surface area contributed by atoms with Crippen molar-refractivity contribution >= 4 is 5.95 Å². The van der Waals surface area contributed by atoms with E-state index in [0.717, 1.165) is 12.1 Å². The normalized spacial score (nSPS) is 10.2. The molecule has 0 bridgehead atoms. The van der Waals surface area contributed by atoms with Crippen LogP contribution in [0.4, 0.5) is 14.7 Å². The molecular formula is C11H9F2N3. The van der Waals surface area contributed by atoms with E-state index in [1.807, 2.05) is 0 Å². The van der Waals surface area contributed by atoms with E-state index in [1.54, 1.807) is 19.4 Å². The zero-order valence-corrected chi connectivity index (χ0v) is 8.54. The lowest BCUT2D eigenvalue weighted by atomic mass is 10.1. The van der Waals surface area contributed by atoms with Gasteiger partial charge in [-0.3, -0.25) is 0 Å². The van der Waals surface area contributed by atoms with Crippen LogP contribution in [-0.2, 0) is 0 Å². The van der Waals surface area contributed by atoms with Gasteiger partial charge in [-0.15, -0.1) is 0 Å². The summed E-state index contributed by atoms with van der Waals surface area (Å²) in [5, 5.41) is 2.77. The van der Waals surface area contributed by atoms with Gasteiger partial charge in [0.2, 0.25) is 5.95 Å². The number of hydrogen-bond donors (Lipinski definition) is 1. The first-order valence-electron chi connectivity index (χ1n) is 4.66. The topological polar surface area (TPSA) is 37.8 Å². The van der Waals surface area contributed by atoms with Crippen LogP contribution < -0.4 is 5.32 Å². The van der Waals surface area contributed by atoms with Crippen molar-refractivity contribution in [3.8, 4) is 11.1 Å². The Balaban J connectivity index is 2.38. The number of nitrogens with one attached hydrogen (secondary N) is 1. The molecule has 0 aliphatic rings. The number of halogens is 2. The smallest absolute Gasteiger partial charge is 0.222 e. The maximum Gasteiger partial charge on any atom is 0.222 e. The van der Waals surface area contributed by atoms with Gasteiger partial charge >= 0.3 is 0 Å². The van der Waals surface area contributed by atoms with Gasteiger partial charge in [0, 0.05) is 25.0 Å². The molecule has 0 fully saturated rings. The SMILES string of the molecule is CNc1ncc(-c2ccc(F)c(F)c2)cn1. The Bertz CT molecular complexity index is 497. The predicted molar refractivity (Wildman–Crippen MR) is 56.9 cm³/mol. The summed E-state index contributed by atoms with van der Waals surface area (Å²) < 4.78 is 25.7. The maximum absolute atomic E-state index is 13.0. The minimum absolute atomic E-state index is 0.478. The van der Waals surface area contributed by atoms with Crippen LogP contribution in [0.1, 0.15) is 0 Å². The molecule has 1 aromatic carbocycles. The van der Waals surface area contributed by atoms with E-state index in [1.165, 1.54) is 6.07 Å². The zero-order valence-electron chi connectivity index (χ0n) is 8.54. The number of hydrogen-bond acceptors (Lipinski definition) is 3. The lowest BCUT2D eigenvalue weighted by Gasteiger charge is -2.02. The van der Waals surface area contributed by atoms with Crippen molar-refractivity contribution in [1.29, 1.82) is 0 Å². The average Bonchev–Trinajstić information content (AvgIpc) is 2.33. The fourth-order valence-corrected chi connectivity index (χ4v) is 1.28. The van der Waals surface area contributed by atoms with Crippen molar-refractivity contribution in [2.75, 3.05) is 12.4 Å². The number of anilines is 1. The Labute approximate surface area is 91.2 Å². The van der Waals surface area contributed by atoms with E-state index in [4.69, 9.17) is 0 Å². The molecule has 1 heterocycles. The molecule has 0 saturated carbocycles. The molecule has 0 atom stereocenters. The number of rotatable bonds is 2. The van der Waals surface area contributed by atoms with Gasteiger partial charge in [0.1, 0.15) is 0 Å². The first kappa shape index (κ1) is 10.5. The highest BCUT2D eigenvalue weighted by Crippen LogP contribution is 2.20. The van der Waals surface area contributed by atoms with Crippen LogP contribution in [0.3, 0.4) is 0 Å². The van der Waals surface area contributed by atoms with Gasteiger partial charge in [-0.25, -0.2) is 18.7 Å². The molecule has 2 aromatic rings. The minimum atomic E-state index is -0.879. The van der Waals surface area contributed by atoms with E-state index >= 15 is 0 Å². The average molecular weight is 221 g/mol. The molecule has 0 aliphatic carbocycles. The van der Waals surface area contributed by atoms with E-state index < -0.39 is 11.6 Å². The zero-order chi connectivity index (χ0) is 11.5. The van der Waals surface area contributed by atoms with Crippen molar-refractivity contribution in [2.45, 2.75) is 0 Å². The van der Waals surface area contributed by atoms with Crippen molar-refractivity contribution in [3.05, 3.63) is 42.2 Å².